The number of hydrogen-bond acceptors (Lipinski definition) is 0. The highest BCUT2D eigenvalue weighted by Gasteiger charge is 2.26. The maximum absolute atomic E-state index is 2.53. The highest BCUT2D eigenvalue weighted by Crippen LogP contribution is 2.42. The Morgan fingerprint density at radius 1 is 1.33 bits per heavy atom. The van der Waals surface area contributed by atoms with Gasteiger partial charge in [-0.25, -0.2) is 0 Å². The van der Waals surface area contributed by atoms with E-state index in [1.807, 2.05) is 0 Å². The van der Waals surface area contributed by atoms with E-state index in [1.54, 1.807) is 16.7 Å². The largest absolute Gasteiger partial charge is 0.0659 e. The van der Waals surface area contributed by atoms with Gasteiger partial charge >= 0.3 is 0 Å². The quantitative estimate of drug-likeness (QED) is 0.615. The molecule has 2 aliphatic rings. The average molecular weight is 204 g/mol. The van der Waals surface area contributed by atoms with Crippen molar-refractivity contribution in [2.75, 3.05) is 0 Å². The van der Waals surface area contributed by atoms with Crippen LogP contribution in [0.3, 0.4) is 0 Å². The van der Waals surface area contributed by atoms with Crippen LogP contribution in [0, 0.1) is 11.8 Å². The molecule has 2 unspecified atom stereocenters. The van der Waals surface area contributed by atoms with Gasteiger partial charge in [0.25, 0.3) is 0 Å². The molecule has 0 radical (unpaired) electrons. The van der Waals surface area contributed by atoms with Crippen molar-refractivity contribution in [3.8, 4) is 0 Å². The summed E-state index contributed by atoms with van der Waals surface area (Å²) in [7, 11) is 0. The first-order chi connectivity index (χ1) is 7.20. The molecule has 0 amide bonds. The molecule has 0 fully saturated rings. The lowest BCUT2D eigenvalue weighted by atomic mass is 9.79. The minimum atomic E-state index is 0.822. The second kappa shape index (κ2) is 4.55. The molecule has 0 aromatic heterocycles. The molecule has 0 aliphatic heterocycles. The predicted octanol–water partition coefficient (Wildman–Crippen LogP) is 4.87. The van der Waals surface area contributed by atoms with E-state index in [4.69, 9.17) is 0 Å². The molecule has 15 heavy (non-hydrogen) atoms. The Kier molecular flexibility index (Phi) is 3.33. The van der Waals surface area contributed by atoms with Crippen LogP contribution in [-0.2, 0) is 0 Å². The third kappa shape index (κ3) is 2.35. The fraction of sp³-hybridized carbons (Fsp3) is 0.733. The summed E-state index contributed by atoms with van der Waals surface area (Å²) in [5, 5.41) is 0. The van der Waals surface area contributed by atoms with E-state index >= 15 is 0 Å². The van der Waals surface area contributed by atoms with Crippen LogP contribution in [0.25, 0.3) is 0 Å². The molecule has 0 spiro atoms. The summed E-state index contributed by atoms with van der Waals surface area (Å²) in [4.78, 5) is 0. The van der Waals surface area contributed by atoms with E-state index < -0.39 is 0 Å². The summed E-state index contributed by atoms with van der Waals surface area (Å²) in [5.74, 6) is 1.74. The summed E-state index contributed by atoms with van der Waals surface area (Å²) in [6.45, 7) is 7.10. The van der Waals surface area contributed by atoms with Gasteiger partial charge in [-0.15, -0.1) is 0 Å². The van der Waals surface area contributed by atoms with Crippen LogP contribution in [0.5, 0.6) is 0 Å². The van der Waals surface area contributed by atoms with Gasteiger partial charge in [0.15, 0.2) is 0 Å². The van der Waals surface area contributed by atoms with Gasteiger partial charge in [0.05, 0.1) is 0 Å². The van der Waals surface area contributed by atoms with Crippen molar-refractivity contribution in [2.24, 2.45) is 11.8 Å². The zero-order valence-electron chi connectivity index (χ0n) is 10.5. The van der Waals surface area contributed by atoms with Gasteiger partial charge in [-0.1, -0.05) is 44.4 Å². The zero-order valence-corrected chi connectivity index (χ0v) is 10.5. The lowest BCUT2D eigenvalue weighted by Gasteiger charge is -2.26. The highest BCUT2D eigenvalue weighted by molar-refractivity contribution is 5.41. The van der Waals surface area contributed by atoms with E-state index in [-0.39, 0.29) is 0 Å². The Morgan fingerprint density at radius 2 is 2.13 bits per heavy atom. The number of hydrogen-bond donors (Lipinski definition) is 0. The first kappa shape index (κ1) is 11.0. The van der Waals surface area contributed by atoms with Crippen LogP contribution in [-0.4, -0.2) is 0 Å². The summed E-state index contributed by atoms with van der Waals surface area (Å²) in [5.41, 5.74) is 5.19. The molecule has 0 heteroatoms. The van der Waals surface area contributed by atoms with Crippen molar-refractivity contribution < 1.29 is 0 Å². The van der Waals surface area contributed by atoms with Crippen molar-refractivity contribution in [1.29, 1.82) is 0 Å². The lowest BCUT2D eigenvalue weighted by molar-refractivity contribution is 0.422. The SMILES string of the molecule is CCCCC1=CC2=C(C1)CC(C)CC2C. The van der Waals surface area contributed by atoms with Crippen LogP contribution in [0.4, 0.5) is 0 Å². The molecule has 84 valence electrons. The summed E-state index contributed by atoms with van der Waals surface area (Å²) >= 11 is 0. The molecule has 0 nitrogen and oxygen atoms in total. The minimum Gasteiger partial charge on any atom is -0.0659 e. The van der Waals surface area contributed by atoms with E-state index in [2.05, 4.69) is 26.8 Å². The number of unbranched alkanes of at least 4 members (excludes halogenated alkanes) is 1. The Balaban J connectivity index is 2.02. The Morgan fingerprint density at radius 3 is 2.87 bits per heavy atom. The Bertz CT molecular complexity index is 293. The van der Waals surface area contributed by atoms with Gasteiger partial charge in [0.1, 0.15) is 0 Å². The fourth-order valence-electron chi connectivity index (χ4n) is 3.23. The molecule has 0 bridgehead atoms. The predicted molar refractivity (Wildman–Crippen MR) is 66.8 cm³/mol. The van der Waals surface area contributed by atoms with Gasteiger partial charge in [-0.05, 0) is 49.5 Å². The van der Waals surface area contributed by atoms with Gasteiger partial charge in [-0.3, -0.25) is 0 Å². The number of allylic oxidation sites excluding steroid dienone is 4. The Hall–Kier alpha value is -0.520. The van der Waals surface area contributed by atoms with Crippen LogP contribution in [0.1, 0.15) is 59.3 Å². The van der Waals surface area contributed by atoms with Crippen LogP contribution in [0.15, 0.2) is 22.8 Å². The molecular weight excluding hydrogens is 180 g/mol. The van der Waals surface area contributed by atoms with Crippen LogP contribution in [0.2, 0.25) is 0 Å². The first-order valence-electron chi connectivity index (χ1n) is 6.62. The third-order valence-corrected chi connectivity index (χ3v) is 3.94. The van der Waals surface area contributed by atoms with Crippen molar-refractivity contribution >= 4 is 0 Å². The molecule has 0 heterocycles. The van der Waals surface area contributed by atoms with Crippen molar-refractivity contribution in [3.63, 3.8) is 0 Å². The zero-order chi connectivity index (χ0) is 10.8. The average Bonchev–Trinajstić information content (AvgIpc) is 2.57. The van der Waals surface area contributed by atoms with Gasteiger partial charge in [-0.2, -0.15) is 0 Å². The lowest BCUT2D eigenvalue weighted by Crippen LogP contribution is -2.12. The normalized spacial score (nSPS) is 30.5. The van der Waals surface area contributed by atoms with Crippen LogP contribution < -0.4 is 0 Å². The molecule has 2 atom stereocenters. The van der Waals surface area contributed by atoms with E-state index in [1.165, 1.54) is 38.5 Å². The molecule has 0 aromatic carbocycles. The molecule has 0 N–H and O–H groups in total. The van der Waals surface area contributed by atoms with Crippen molar-refractivity contribution in [3.05, 3.63) is 22.8 Å². The van der Waals surface area contributed by atoms with Gasteiger partial charge < -0.3 is 0 Å². The second-order valence-corrected chi connectivity index (χ2v) is 5.59. The molecule has 2 aliphatic carbocycles. The summed E-state index contributed by atoms with van der Waals surface area (Å²) in [6, 6.07) is 0. The highest BCUT2D eigenvalue weighted by atomic mass is 14.3. The molecule has 2 rings (SSSR count). The second-order valence-electron chi connectivity index (χ2n) is 5.59. The van der Waals surface area contributed by atoms with E-state index in [0.717, 1.165) is 11.8 Å². The summed E-state index contributed by atoms with van der Waals surface area (Å²) in [6.07, 6.45) is 10.6. The fourth-order valence-corrected chi connectivity index (χ4v) is 3.23. The van der Waals surface area contributed by atoms with E-state index in [0.29, 0.717) is 0 Å². The molecule has 0 saturated carbocycles. The standard InChI is InChI=1S/C15H24/c1-4-5-6-13-9-14-8-11(2)7-12(3)15(14)10-13/h10-12H,4-9H2,1-3H3. The minimum absolute atomic E-state index is 0.822. The Labute approximate surface area is 94.5 Å². The van der Waals surface area contributed by atoms with Crippen molar-refractivity contribution in [1.82, 2.24) is 0 Å². The molecular formula is C15H24. The smallest absolute Gasteiger partial charge is 0.00992 e. The number of rotatable bonds is 3. The van der Waals surface area contributed by atoms with E-state index in [9.17, 15) is 0 Å². The molecule has 0 aromatic rings. The molecule has 0 saturated heterocycles. The van der Waals surface area contributed by atoms with Crippen LogP contribution >= 0.6 is 0 Å². The maximum Gasteiger partial charge on any atom is -0.00992 e. The monoisotopic (exact) mass is 204 g/mol. The first-order valence-corrected chi connectivity index (χ1v) is 6.62. The van der Waals surface area contributed by atoms with Gasteiger partial charge in [0, 0.05) is 0 Å². The third-order valence-electron chi connectivity index (χ3n) is 3.94. The van der Waals surface area contributed by atoms with Gasteiger partial charge in [0.2, 0.25) is 0 Å². The summed E-state index contributed by atoms with van der Waals surface area (Å²) < 4.78 is 0. The van der Waals surface area contributed by atoms with Crippen molar-refractivity contribution in [2.45, 2.75) is 59.3 Å². The maximum atomic E-state index is 2.53. The topological polar surface area (TPSA) is 0 Å².